The number of aliphatic imine (C=N–C) groups is 1. The molecule has 1 aromatic heterocycles. The van der Waals surface area contributed by atoms with E-state index in [4.69, 9.17) is 22.9 Å². The fraction of sp³-hybridized carbons (Fsp3) is 0.0779. The molecule has 3 heteroatoms. The van der Waals surface area contributed by atoms with Crippen molar-refractivity contribution in [2.75, 3.05) is 0 Å². The maximum Gasteiger partial charge on any atom is 0.149 e. The standard InChI is InChI=1S/C77H62N2O/c1-5-75(80-76-48-45-64(49-54(76)3)58-30-17-10-18-31-58)77(63-41-39-61(40-42-63)57-28-15-9-16-29-57)78-55(4)69-51-70-66-37-23-22-35-62(66)34-21-8-12-25-53(2)68(70)52-74(69)79-72-38-24-36-60(56-26-13-6-7-14-27-56)43-46-67(72)71-50-65(44-47-73(71)79)59-32-19-11-20-33-59/h5-13,15-23,25-33,35-42,44-52H,2,4,14,24,34,43H2,1,3H3/b21-8-,25-12-,60-36+,67-46?,72-38+,75-5+,78-77?. The molecule has 12 rings (SSSR count). The maximum absolute atomic E-state index is 7.06. The summed E-state index contributed by atoms with van der Waals surface area (Å²) in [5.41, 5.74) is 21.0. The van der Waals surface area contributed by atoms with Gasteiger partial charge in [0, 0.05) is 21.7 Å². The molecule has 0 bridgehead atoms. The normalized spacial score (nSPS) is 16.2. The van der Waals surface area contributed by atoms with E-state index in [0.717, 1.165) is 109 Å². The van der Waals surface area contributed by atoms with Gasteiger partial charge in [0.25, 0.3) is 0 Å². The van der Waals surface area contributed by atoms with Gasteiger partial charge >= 0.3 is 0 Å². The number of rotatable bonds is 11. The molecule has 0 saturated carbocycles. The number of nitrogens with zero attached hydrogens (tertiary/aromatic N) is 2. The van der Waals surface area contributed by atoms with E-state index in [2.05, 4.69) is 266 Å². The van der Waals surface area contributed by atoms with Crippen LogP contribution in [0.25, 0.3) is 84.5 Å². The molecule has 8 aromatic carbocycles. The van der Waals surface area contributed by atoms with E-state index in [1.807, 2.05) is 19.1 Å². The van der Waals surface area contributed by atoms with Gasteiger partial charge in [0.1, 0.15) is 17.2 Å². The van der Waals surface area contributed by atoms with Crippen molar-refractivity contribution in [1.82, 2.24) is 4.57 Å². The minimum absolute atomic E-state index is 0.592. The Hall–Kier alpha value is -9.83. The minimum Gasteiger partial charge on any atom is -0.455 e. The smallest absolute Gasteiger partial charge is 0.149 e. The van der Waals surface area contributed by atoms with Crippen LogP contribution in [0, 0.1) is 6.92 Å². The number of benzene rings is 8. The SMILES string of the molecule is C=C1/C=C\C=C/Cc2ccccc2-c2cc(C(=C)N=C(/C(=C\C)Oc3ccc(-c4ccccc4)cc3C)c3ccc(-c4ccccc4)cc3)c(-n3/c4c(c5cc(-c6ccccc6)ccc53)=CC/C(C3=CCC=CC=C3)=C\C\C=4)cc21. The number of hydrogen-bond acceptors (Lipinski definition) is 2. The Morgan fingerprint density at radius 1 is 0.562 bits per heavy atom. The summed E-state index contributed by atoms with van der Waals surface area (Å²) in [7, 11) is 0. The maximum atomic E-state index is 7.06. The highest BCUT2D eigenvalue weighted by Crippen LogP contribution is 2.40. The molecular weight excluding hydrogens is 969 g/mol. The monoisotopic (exact) mass is 1030 g/mol. The second-order valence-electron chi connectivity index (χ2n) is 20.5. The highest BCUT2D eigenvalue weighted by Gasteiger charge is 2.24. The summed E-state index contributed by atoms with van der Waals surface area (Å²) < 4.78 is 9.52. The lowest BCUT2D eigenvalue weighted by Gasteiger charge is -2.22. The molecule has 0 amide bonds. The number of aromatic nitrogens is 1. The first-order valence-corrected chi connectivity index (χ1v) is 27.7. The Morgan fingerprint density at radius 3 is 1.95 bits per heavy atom. The van der Waals surface area contributed by atoms with Gasteiger partial charge in [-0.1, -0.05) is 238 Å². The zero-order valence-corrected chi connectivity index (χ0v) is 45.4. The lowest BCUT2D eigenvalue weighted by molar-refractivity contribution is 0.450. The predicted octanol–water partition coefficient (Wildman–Crippen LogP) is 18.5. The second-order valence-corrected chi connectivity index (χ2v) is 20.5. The van der Waals surface area contributed by atoms with Crippen molar-refractivity contribution in [3.63, 3.8) is 0 Å². The van der Waals surface area contributed by atoms with Gasteiger partial charge in [0.15, 0.2) is 0 Å². The van der Waals surface area contributed by atoms with Gasteiger partial charge in [-0.25, -0.2) is 4.99 Å². The van der Waals surface area contributed by atoms with Crippen molar-refractivity contribution in [2.45, 2.75) is 39.5 Å². The van der Waals surface area contributed by atoms with Gasteiger partial charge in [-0.3, -0.25) is 0 Å². The summed E-state index contributed by atoms with van der Waals surface area (Å²) in [6, 6.07) is 67.0. The lowest BCUT2D eigenvalue weighted by Crippen LogP contribution is -2.29. The van der Waals surface area contributed by atoms with Gasteiger partial charge < -0.3 is 9.30 Å². The van der Waals surface area contributed by atoms with Crippen molar-refractivity contribution in [3.8, 4) is 55.9 Å². The van der Waals surface area contributed by atoms with Gasteiger partial charge in [0.05, 0.1) is 22.3 Å². The van der Waals surface area contributed by atoms with E-state index in [9.17, 15) is 0 Å². The third-order valence-electron chi connectivity index (χ3n) is 15.5. The number of aryl methyl sites for hydroxylation is 1. The highest BCUT2D eigenvalue weighted by molar-refractivity contribution is 6.14. The van der Waals surface area contributed by atoms with Crippen LogP contribution in [0.5, 0.6) is 5.75 Å². The summed E-state index contributed by atoms with van der Waals surface area (Å²) in [5, 5.41) is 3.50. The Kier molecular flexibility index (Phi) is 14.7. The van der Waals surface area contributed by atoms with Crippen molar-refractivity contribution in [2.24, 2.45) is 4.99 Å². The summed E-state index contributed by atoms with van der Waals surface area (Å²) >= 11 is 0. The molecule has 386 valence electrons. The quantitative estimate of drug-likeness (QED) is 0.0937. The highest BCUT2D eigenvalue weighted by atomic mass is 16.5. The van der Waals surface area contributed by atoms with Crippen LogP contribution in [0.1, 0.15) is 54.0 Å². The van der Waals surface area contributed by atoms with Crippen LogP contribution in [-0.2, 0) is 6.42 Å². The molecule has 0 atom stereocenters. The first-order chi connectivity index (χ1) is 39.4. The minimum atomic E-state index is 0.592. The van der Waals surface area contributed by atoms with Crippen LogP contribution >= 0.6 is 0 Å². The van der Waals surface area contributed by atoms with Crippen molar-refractivity contribution < 1.29 is 4.74 Å². The summed E-state index contributed by atoms with van der Waals surface area (Å²) in [4.78, 5) is 5.72. The Balaban J connectivity index is 1.10. The summed E-state index contributed by atoms with van der Waals surface area (Å²) in [6.45, 7) is 13.9. The predicted molar refractivity (Wildman–Crippen MR) is 340 cm³/mol. The molecule has 0 unspecified atom stereocenters. The second kappa shape index (κ2) is 23.0. The first kappa shape index (κ1) is 51.0. The van der Waals surface area contributed by atoms with Crippen LogP contribution in [0.3, 0.4) is 0 Å². The van der Waals surface area contributed by atoms with Crippen LogP contribution in [0.15, 0.2) is 290 Å². The number of fused-ring (bicyclic) bond motifs is 6. The van der Waals surface area contributed by atoms with Gasteiger partial charge in [-0.2, -0.15) is 0 Å². The van der Waals surface area contributed by atoms with E-state index in [-0.39, 0.29) is 0 Å². The topological polar surface area (TPSA) is 26.5 Å². The Bertz CT molecular complexity index is 4260. The fourth-order valence-corrected chi connectivity index (χ4v) is 11.3. The molecule has 0 spiro atoms. The molecular formula is C77H62N2O. The van der Waals surface area contributed by atoms with E-state index in [0.29, 0.717) is 17.2 Å². The Morgan fingerprint density at radius 2 is 1.21 bits per heavy atom. The van der Waals surface area contributed by atoms with Crippen molar-refractivity contribution in [3.05, 3.63) is 323 Å². The van der Waals surface area contributed by atoms with Crippen molar-refractivity contribution >= 4 is 40.0 Å². The largest absolute Gasteiger partial charge is 0.455 e. The summed E-state index contributed by atoms with van der Waals surface area (Å²) in [5.74, 6) is 1.37. The molecule has 3 nitrogen and oxygen atoms in total. The average Bonchev–Trinajstić information content (AvgIpc) is 3.62. The summed E-state index contributed by atoms with van der Waals surface area (Å²) in [6.07, 6.45) is 32.2. The number of hydrogen-bond donors (Lipinski definition) is 0. The average molecular weight is 1030 g/mol. The van der Waals surface area contributed by atoms with Gasteiger partial charge in [-0.15, -0.1) is 0 Å². The zero-order chi connectivity index (χ0) is 54.4. The lowest BCUT2D eigenvalue weighted by atomic mass is 9.87. The molecule has 1 heterocycles. The molecule has 0 radical (unpaired) electrons. The van der Waals surface area contributed by atoms with Gasteiger partial charge in [-0.05, 0) is 160 Å². The molecule has 0 fully saturated rings. The van der Waals surface area contributed by atoms with E-state index in [1.165, 1.54) is 38.4 Å². The third-order valence-corrected chi connectivity index (χ3v) is 15.5. The van der Waals surface area contributed by atoms with E-state index >= 15 is 0 Å². The zero-order valence-electron chi connectivity index (χ0n) is 45.4. The van der Waals surface area contributed by atoms with Crippen LogP contribution in [0.4, 0.5) is 0 Å². The molecule has 0 aliphatic heterocycles. The van der Waals surface area contributed by atoms with Crippen LogP contribution in [-0.4, -0.2) is 10.3 Å². The van der Waals surface area contributed by atoms with Gasteiger partial charge in [0.2, 0.25) is 0 Å². The van der Waals surface area contributed by atoms with Crippen LogP contribution in [0.2, 0.25) is 0 Å². The number of ether oxygens (including phenoxy) is 1. The molecule has 9 aromatic rings. The fourth-order valence-electron chi connectivity index (χ4n) is 11.3. The molecule has 0 saturated heterocycles. The van der Waals surface area contributed by atoms with E-state index in [1.54, 1.807) is 0 Å². The molecule has 0 N–H and O–H groups in total. The van der Waals surface area contributed by atoms with E-state index < -0.39 is 0 Å². The third kappa shape index (κ3) is 10.5. The molecule has 3 aliphatic carbocycles. The first-order valence-electron chi connectivity index (χ1n) is 27.7. The van der Waals surface area contributed by atoms with Crippen LogP contribution < -0.4 is 15.3 Å². The number of allylic oxidation sites excluding steroid dienone is 15. The Labute approximate surface area is 470 Å². The molecule has 3 aliphatic rings. The van der Waals surface area contributed by atoms with Crippen molar-refractivity contribution in [1.29, 1.82) is 0 Å². The molecule has 80 heavy (non-hydrogen) atoms.